The number of hydrogen-bond acceptors (Lipinski definition) is 1. The Morgan fingerprint density at radius 1 is 1.25 bits per heavy atom. The zero-order valence-electron chi connectivity index (χ0n) is 10.2. The first-order chi connectivity index (χ1) is 7.53. The van der Waals surface area contributed by atoms with Crippen LogP contribution in [-0.2, 0) is 6.42 Å². The van der Waals surface area contributed by atoms with Crippen LogP contribution in [0.3, 0.4) is 0 Å². The van der Waals surface area contributed by atoms with E-state index in [1.54, 1.807) is 7.05 Å². The third-order valence-corrected chi connectivity index (χ3v) is 2.56. The van der Waals surface area contributed by atoms with Gasteiger partial charge in [0.05, 0.1) is 0 Å². The van der Waals surface area contributed by atoms with E-state index in [2.05, 4.69) is 22.8 Å². The molecule has 0 atom stereocenters. The third-order valence-electron chi connectivity index (χ3n) is 2.56. The fourth-order valence-corrected chi connectivity index (χ4v) is 1.53. The second-order valence-electron chi connectivity index (χ2n) is 4.57. The van der Waals surface area contributed by atoms with E-state index < -0.39 is 0 Å². The molecule has 16 heavy (non-hydrogen) atoms. The fraction of sp³-hybridized carbons (Fsp3) is 0.462. The number of amides is 2. The minimum atomic E-state index is -0.185. The smallest absolute Gasteiger partial charge is 0.314 e. The van der Waals surface area contributed by atoms with Crippen LogP contribution in [0.4, 0.5) is 4.79 Å². The number of nitrogens with one attached hydrogen (secondary N) is 2. The fourth-order valence-electron chi connectivity index (χ4n) is 1.53. The third kappa shape index (κ3) is 4.34. The summed E-state index contributed by atoms with van der Waals surface area (Å²) in [6.07, 6.45) is 1.89. The molecule has 0 heterocycles. The highest BCUT2D eigenvalue weighted by molar-refractivity contribution is 5.74. The maximum Gasteiger partial charge on any atom is 0.314 e. The van der Waals surface area contributed by atoms with E-state index in [1.807, 2.05) is 32.0 Å². The van der Waals surface area contributed by atoms with Crippen LogP contribution in [0.15, 0.2) is 30.3 Å². The highest BCUT2D eigenvalue weighted by Gasteiger charge is 2.19. The Balaban J connectivity index is 2.44. The molecule has 3 heteroatoms. The number of rotatable bonds is 4. The summed E-state index contributed by atoms with van der Waals surface area (Å²) in [5.74, 6) is 0. The molecule has 1 aromatic carbocycles. The van der Waals surface area contributed by atoms with Gasteiger partial charge in [-0.15, -0.1) is 0 Å². The lowest BCUT2D eigenvalue weighted by Gasteiger charge is -2.26. The van der Waals surface area contributed by atoms with E-state index in [-0.39, 0.29) is 11.6 Å². The van der Waals surface area contributed by atoms with Gasteiger partial charge in [-0.2, -0.15) is 0 Å². The quantitative estimate of drug-likeness (QED) is 0.803. The van der Waals surface area contributed by atoms with Gasteiger partial charge < -0.3 is 10.6 Å². The van der Waals surface area contributed by atoms with Crippen molar-refractivity contribution in [2.75, 3.05) is 7.05 Å². The maximum atomic E-state index is 11.2. The number of carbonyl (C=O) groups is 1. The van der Waals surface area contributed by atoms with Crippen molar-refractivity contribution in [2.45, 2.75) is 32.2 Å². The molecule has 0 saturated heterocycles. The van der Waals surface area contributed by atoms with Gasteiger partial charge in [-0.25, -0.2) is 4.79 Å². The van der Waals surface area contributed by atoms with Gasteiger partial charge in [-0.05, 0) is 32.3 Å². The second-order valence-corrected chi connectivity index (χ2v) is 4.57. The summed E-state index contributed by atoms with van der Waals surface area (Å²) in [5, 5.41) is 5.50. The van der Waals surface area contributed by atoms with Crippen molar-refractivity contribution in [1.82, 2.24) is 10.6 Å². The van der Waals surface area contributed by atoms with Crippen molar-refractivity contribution in [3.05, 3.63) is 35.9 Å². The number of hydrogen-bond donors (Lipinski definition) is 2. The van der Waals surface area contributed by atoms with Gasteiger partial charge in [-0.3, -0.25) is 0 Å². The lowest BCUT2D eigenvalue weighted by molar-refractivity contribution is 0.230. The van der Waals surface area contributed by atoms with Crippen molar-refractivity contribution >= 4 is 6.03 Å². The highest BCUT2D eigenvalue weighted by atomic mass is 16.2. The molecular weight excluding hydrogens is 200 g/mol. The van der Waals surface area contributed by atoms with Gasteiger partial charge in [-0.1, -0.05) is 30.3 Å². The monoisotopic (exact) mass is 220 g/mol. The molecule has 0 bridgehead atoms. The zero-order valence-corrected chi connectivity index (χ0v) is 10.2. The summed E-state index contributed by atoms with van der Waals surface area (Å²) in [6.45, 7) is 4.07. The van der Waals surface area contributed by atoms with Gasteiger partial charge in [0.15, 0.2) is 0 Å². The highest BCUT2D eigenvalue weighted by Crippen LogP contribution is 2.13. The lowest BCUT2D eigenvalue weighted by atomic mass is 9.95. The Morgan fingerprint density at radius 2 is 1.88 bits per heavy atom. The Labute approximate surface area is 97.2 Å². The minimum Gasteiger partial charge on any atom is -0.341 e. The van der Waals surface area contributed by atoms with Crippen LogP contribution < -0.4 is 10.6 Å². The van der Waals surface area contributed by atoms with Gasteiger partial charge in [0, 0.05) is 12.6 Å². The maximum absolute atomic E-state index is 11.2. The molecule has 0 aliphatic carbocycles. The molecule has 3 nitrogen and oxygen atoms in total. The van der Waals surface area contributed by atoms with Crippen LogP contribution in [0.25, 0.3) is 0 Å². The Bertz CT molecular complexity index is 333. The Morgan fingerprint density at radius 3 is 2.44 bits per heavy atom. The van der Waals surface area contributed by atoms with Crippen LogP contribution in [0.1, 0.15) is 25.8 Å². The van der Waals surface area contributed by atoms with Crippen LogP contribution in [-0.4, -0.2) is 18.6 Å². The second kappa shape index (κ2) is 5.54. The van der Waals surface area contributed by atoms with Crippen molar-refractivity contribution in [1.29, 1.82) is 0 Å². The largest absolute Gasteiger partial charge is 0.341 e. The molecule has 2 N–H and O–H groups in total. The summed E-state index contributed by atoms with van der Waals surface area (Å²) >= 11 is 0. The van der Waals surface area contributed by atoms with E-state index in [1.165, 1.54) is 5.56 Å². The molecule has 0 aromatic heterocycles. The summed E-state index contributed by atoms with van der Waals surface area (Å²) in [6, 6.07) is 10.2. The molecule has 1 rings (SSSR count). The van der Waals surface area contributed by atoms with E-state index in [4.69, 9.17) is 0 Å². The molecule has 0 radical (unpaired) electrons. The number of urea groups is 1. The first kappa shape index (κ1) is 12.6. The van der Waals surface area contributed by atoms with Crippen LogP contribution in [0.5, 0.6) is 0 Å². The summed E-state index contributed by atoms with van der Waals surface area (Å²) in [4.78, 5) is 11.2. The van der Waals surface area contributed by atoms with E-state index in [0.29, 0.717) is 0 Å². The SMILES string of the molecule is CNC(=O)NC(C)(C)CCc1ccccc1. The summed E-state index contributed by atoms with van der Waals surface area (Å²) in [5.41, 5.74) is 1.12. The van der Waals surface area contributed by atoms with Crippen LogP contribution in [0.2, 0.25) is 0 Å². The standard InChI is InChI=1S/C13H20N2O/c1-13(2,15-12(16)14-3)10-9-11-7-5-4-6-8-11/h4-8H,9-10H2,1-3H3,(H2,14,15,16). The van der Waals surface area contributed by atoms with Crippen LogP contribution in [0, 0.1) is 0 Å². The molecule has 0 unspecified atom stereocenters. The van der Waals surface area contributed by atoms with E-state index >= 15 is 0 Å². The first-order valence-corrected chi connectivity index (χ1v) is 5.57. The average Bonchev–Trinajstić information content (AvgIpc) is 2.27. The first-order valence-electron chi connectivity index (χ1n) is 5.57. The molecular formula is C13H20N2O. The molecule has 0 aliphatic heterocycles. The predicted octanol–water partition coefficient (Wildman–Crippen LogP) is 2.33. The minimum absolute atomic E-state index is 0.127. The number of aryl methyl sites for hydroxylation is 1. The van der Waals surface area contributed by atoms with Gasteiger partial charge >= 0.3 is 6.03 Å². The van der Waals surface area contributed by atoms with E-state index in [9.17, 15) is 4.79 Å². The van der Waals surface area contributed by atoms with Crippen molar-refractivity contribution in [3.63, 3.8) is 0 Å². The van der Waals surface area contributed by atoms with Crippen LogP contribution >= 0.6 is 0 Å². The molecule has 2 amide bonds. The number of benzene rings is 1. The normalized spacial score (nSPS) is 10.9. The molecule has 0 spiro atoms. The van der Waals surface area contributed by atoms with Crippen molar-refractivity contribution in [3.8, 4) is 0 Å². The molecule has 0 aliphatic rings. The van der Waals surface area contributed by atoms with Gasteiger partial charge in [0.2, 0.25) is 0 Å². The lowest BCUT2D eigenvalue weighted by Crippen LogP contribution is -2.47. The average molecular weight is 220 g/mol. The summed E-state index contributed by atoms with van der Waals surface area (Å²) < 4.78 is 0. The molecule has 0 saturated carbocycles. The zero-order chi connectivity index (χ0) is 12.0. The molecule has 1 aromatic rings. The Kier molecular flexibility index (Phi) is 4.35. The molecule has 0 fully saturated rings. The Hall–Kier alpha value is -1.51. The van der Waals surface area contributed by atoms with Gasteiger partial charge in [0.25, 0.3) is 0 Å². The van der Waals surface area contributed by atoms with Crippen molar-refractivity contribution < 1.29 is 4.79 Å². The molecule has 88 valence electrons. The van der Waals surface area contributed by atoms with Crippen molar-refractivity contribution in [2.24, 2.45) is 0 Å². The number of carbonyl (C=O) groups excluding carboxylic acids is 1. The van der Waals surface area contributed by atoms with E-state index in [0.717, 1.165) is 12.8 Å². The predicted molar refractivity (Wildman–Crippen MR) is 66.4 cm³/mol. The summed E-state index contributed by atoms with van der Waals surface area (Å²) in [7, 11) is 1.63. The topological polar surface area (TPSA) is 41.1 Å². The van der Waals surface area contributed by atoms with Gasteiger partial charge in [0.1, 0.15) is 0 Å².